The first-order chi connectivity index (χ1) is 14.2. The van der Waals surface area contributed by atoms with Gasteiger partial charge < -0.3 is 4.74 Å². The lowest BCUT2D eigenvalue weighted by atomic mass is 9.76. The molecule has 2 aliphatic rings. The molecule has 4 aromatic rings. The van der Waals surface area contributed by atoms with E-state index in [-0.39, 0.29) is 5.92 Å². The van der Waals surface area contributed by atoms with Crippen molar-refractivity contribution in [3.05, 3.63) is 105 Å². The standard InChI is InChI=1S/C25H14O3S/c26-23-16-8-3-4-9-17(16)25-22(24(23)27)21(19-10-5-13-29-19)20-15-7-2-1-6-14(15)11-12-18(20)28-25/h1-13,21H. The summed E-state index contributed by atoms with van der Waals surface area (Å²) in [5, 5.41) is 4.11. The summed E-state index contributed by atoms with van der Waals surface area (Å²) in [5.41, 5.74) is 2.49. The average Bonchev–Trinajstić information content (AvgIpc) is 3.30. The minimum Gasteiger partial charge on any atom is -0.456 e. The van der Waals surface area contributed by atoms with E-state index in [0.717, 1.165) is 27.0 Å². The minimum atomic E-state index is -0.476. The zero-order valence-corrected chi connectivity index (χ0v) is 16.0. The van der Waals surface area contributed by atoms with Crippen LogP contribution >= 0.6 is 11.3 Å². The lowest BCUT2D eigenvalue weighted by molar-refractivity contribution is -0.112. The molecule has 0 saturated heterocycles. The largest absolute Gasteiger partial charge is 0.456 e. The van der Waals surface area contributed by atoms with Gasteiger partial charge in [0, 0.05) is 21.6 Å². The Kier molecular flexibility index (Phi) is 3.40. The number of thiophene rings is 1. The molecule has 1 atom stereocenters. The molecular weight excluding hydrogens is 380 g/mol. The van der Waals surface area contributed by atoms with Gasteiger partial charge in [0.15, 0.2) is 0 Å². The van der Waals surface area contributed by atoms with Crippen LogP contribution in [0.15, 0.2) is 83.7 Å². The number of carbonyl (C=O) groups excluding carboxylic acids is 2. The summed E-state index contributed by atoms with van der Waals surface area (Å²) in [7, 11) is 0. The van der Waals surface area contributed by atoms with Crippen molar-refractivity contribution in [3.8, 4) is 5.75 Å². The van der Waals surface area contributed by atoms with E-state index in [1.54, 1.807) is 23.5 Å². The number of Topliss-reactive ketones (excluding diaryl/α,β-unsaturated/α-hetero) is 2. The SMILES string of the molecule is O=C1C(=O)c2ccccc2C2=C1C(c1cccs1)c1c(ccc3ccccc13)O2. The smallest absolute Gasteiger partial charge is 0.234 e. The first-order valence-corrected chi connectivity index (χ1v) is 10.3. The molecule has 0 radical (unpaired) electrons. The first-order valence-electron chi connectivity index (χ1n) is 9.39. The molecule has 29 heavy (non-hydrogen) atoms. The highest BCUT2D eigenvalue weighted by Gasteiger charge is 2.43. The Morgan fingerprint density at radius 1 is 0.759 bits per heavy atom. The molecule has 0 amide bonds. The Hall–Kier alpha value is -3.50. The van der Waals surface area contributed by atoms with Gasteiger partial charge in [0.1, 0.15) is 11.5 Å². The van der Waals surface area contributed by atoms with Crippen LogP contribution < -0.4 is 4.74 Å². The van der Waals surface area contributed by atoms with Crippen molar-refractivity contribution >= 4 is 39.4 Å². The summed E-state index contributed by atoms with van der Waals surface area (Å²) in [6.45, 7) is 0. The van der Waals surface area contributed by atoms with Crippen molar-refractivity contribution in [2.45, 2.75) is 5.92 Å². The van der Waals surface area contributed by atoms with Gasteiger partial charge >= 0.3 is 0 Å². The lowest BCUT2D eigenvalue weighted by Crippen LogP contribution is -2.31. The van der Waals surface area contributed by atoms with E-state index >= 15 is 0 Å². The fraction of sp³-hybridized carbons (Fsp3) is 0.0400. The van der Waals surface area contributed by atoms with Crippen molar-refractivity contribution in [1.82, 2.24) is 0 Å². The Morgan fingerprint density at radius 2 is 1.55 bits per heavy atom. The first kappa shape index (κ1) is 16.5. The number of ether oxygens (including phenoxy) is 1. The predicted octanol–water partition coefficient (Wildman–Crippen LogP) is 5.60. The highest BCUT2D eigenvalue weighted by molar-refractivity contribution is 7.10. The van der Waals surface area contributed by atoms with E-state index in [4.69, 9.17) is 4.74 Å². The minimum absolute atomic E-state index is 0.329. The number of rotatable bonds is 1. The molecule has 4 heteroatoms. The van der Waals surface area contributed by atoms with E-state index in [1.165, 1.54) is 0 Å². The highest BCUT2D eigenvalue weighted by atomic mass is 32.1. The quantitative estimate of drug-likeness (QED) is 0.395. The molecule has 0 fully saturated rings. The zero-order chi connectivity index (χ0) is 19.5. The molecule has 138 valence electrons. The Balaban J connectivity index is 1.73. The summed E-state index contributed by atoms with van der Waals surface area (Å²) in [4.78, 5) is 27.2. The third-order valence-corrected chi connectivity index (χ3v) is 6.60. The summed E-state index contributed by atoms with van der Waals surface area (Å²) in [6.07, 6.45) is 0. The van der Waals surface area contributed by atoms with Gasteiger partial charge in [0.25, 0.3) is 0 Å². The molecule has 6 rings (SSSR count). The Morgan fingerprint density at radius 3 is 2.38 bits per heavy atom. The number of carbonyl (C=O) groups is 2. The molecule has 0 spiro atoms. The monoisotopic (exact) mass is 394 g/mol. The molecule has 3 nitrogen and oxygen atoms in total. The van der Waals surface area contributed by atoms with Crippen LogP contribution in [0.4, 0.5) is 0 Å². The van der Waals surface area contributed by atoms with E-state index < -0.39 is 11.6 Å². The number of hydrogen-bond donors (Lipinski definition) is 0. The van der Waals surface area contributed by atoms with Gasteiger partial charge in [-0.25, -0.2) is 0 Å². The van der Waals surface area contributed by atoms with Gasteiger partial charge in [0.05, 0.1) is 11.5 Å². The van der Waals surface area contributed by atoms with Crippen LogP contribution in [0.5, 0.6) is 5.75 Å². The van der Waals surface area contributed by atoms with E-state index in [2.05, 4.69) is 0 Å². The third-order valence-electron chi connectivity index (χ3n) is 5.66. The molecule has 0 bridgehead atoms. The van der Waals surface area contributed by atoms with Crippen LogP contribution in [0.3, 0.4) is 0 Å². The fourth-order valence-corrected chi connectivity index (χ4v) is 5.24. The maximum absolute atomic E-state index is 13.3. The van der Waals surface area contributed by atoms with Gasteiger partial charge in [-0.15, -0.1) is 11.3 Å². The van der Waals surface area contributed by atoms with E-state index in [1.807, 2.05) is 66.0 Å². The number of hydrogen-bond acceptors (Lipinski definition) is 4. The number of benzene rings is 3. The second kappa shape index (κ2) is 6.00. The Bertz CT molecular complexity index is 1360. The lowest BCUT2D eigenvalue weighted by Gasteiger charge is -2.33. The molecule has 3 aromatic carbocycles. The van der Waals surface area contributed by atoms with Crippen molar-refractivity contribution in [3.63, 3.8) is 0 Å². The third kappa shape index (κ3) is 2.23. The second-order valence-electron chi connectivity index (χ2n) is 7.20. The molecule has 0 N–H and O–H groups in total. The molecular formula is C25H14O3S. The van der Waals surface area contributed by atoms with Gasteiger partial charge in [-0.3, -0.25) is 9.59 Å². The molecule has 1 unspecified atom stereocenters. The Labute approximate surface area is 170 Å². The van der Waals surface area contributed by atoms with E-state index in [0.29, 0.717) is 22.5 Å². The van der Waals surface area contributed by atoms with Crippen LogP contribution in [-0.4, -0.2) is 11.6 Å². The average molecular weight is 394 g/mol. The summed E-state index contributed by atoms with van der Waals surface area (Å²) in [5.74, 6) is -0.0299. The molecule has 1 aliphatic heterocycles. The number of fused-ring (bicyclic) bond motifs is 5. The number of allylic oxidation sites excluding steroid dienone is 1. The van der Waals surface area contributed by atoms with Crippen LogP contribution in [0, 0.1) is 0 Å². The maximum atomic E-state index is 13.3. The molecule has 1 aliphatic carbocycles. The van der Waals surface area contributed by atoms with Gasteiger partial charge in [-0.1, -0.05) is 60.7 Å². The van der Waals surface area contributed by atoms with Crippen LogP contribution in [-0.2, 0) is 4.79 Å². The molecule has 2 heterocycles. The van der Waals surface area contributed by atoms with Crippen LogP contribution in [0.1, 0.15) is 32.3 Å². The fourth-order valence-electron chi connectivity index (χ4n) is 4.40. The van der Waals surface area contributed by atoms with Gasteiger partial charge in [0.2, 0.25) is 11.6 Å². The zero-order valence-electron chi connectivity index (χ0n) is 15.2. The number of ketones is 2. The van der Waals surface area contributed by atoms with Crippen molar-refractivity contribution in [1.29, 1.82) is 0 Å². The predicted molar refractivity (Wildman–Crippen MR) is 113 cm³/mol. The van der Waals surface area contributed by atoms with Crippen molar-refractivity contribution in [2.24, 2.45) is 0 Å². The summed E-state index contributed by atoms with van der Waals surface area (Å²) >= 11 is 1.59. The molecule has 1 aromatic heterocycles. The topological polar surface area (TPSA) is 43.4 Å². The van der Waals surface area contributed by atoms with Crippen LogP contribution in [0.25, 0.3) is 16.5 Å². The maximum Gasteiger partial charge on any atom is 0.234 e. The summed E-state index contributed by atoms with van der Waals surface area (Å²) < 4.78 is 6.33. The summed E-state index contributed by atoms with van der Waals surface area (Å²) in [6, 6.07) is 23.3. The van der Waals surface area contributed by atoms with Crippen LogP contribution in [0.2, 0.25) is 0 Å². The van der Waals surface area contributed by atoms with Crippen molar-refractivity contribution < 1.29 is 14.3 Å². The highest BCUT2D eigenvalue weighted by Crippen LogP contribution is 2.51. The van der Waals surface area contributed by atoms with E-state index in [9.17, 15) is 9.59 Å². The van der Waals surface area contributed by atoms with Crippen molar-refractivity contribution in [2.75, 3.05) is 0 Å². The second-order valence-corrected chi connectivity index (χ2v) is 8.17. The van der Waals surface area contributed by atoms with Gasteiger partial charge in [-0.05, 0) is 28.3 Å². The molecule has 0 saturated carbocycles. The van der Waals surface area contributed by atoms with Gasteiger partial charge in [-0.2, -0.15) is 0 Å². The normalized spacial score (nSPS) is 17.6.